The lowest BCUT2D eigenvalue weighted by molar-refractivity contribution is -0.115. The van der Waals surface area contributed by atoms with E-state index in [1.54, 1.807) is 13.0 Å². The molecule has 2 aromatic heterocycles. The van der Waals surface area contributed by atoms with Crippen LogP contribution in [-0.4, -0.2) is 32.4 Å². The number of aromatic nitrogens is 4. The molecule has 1 aliphatic heterocycles. The summed E-state index contributed by atoms with van der Waals surface area (Å²) in [7, 11) is 1.85. The summed E-state index contributed by atoms with van der Waals surface area (Å²) in [6.45, 7) is 2.09. The number of carbonyl (C=O) groups excluding carboxylic acids is 1. The van der Waals surface area contributed by atoms with Gasteiger partial charge in [0.25, 0.3) is 0 Å². The van der Waals surface area contributed by atoms with Crippen molar-refractivity contribution in [3.8, 4) is 11.5 Å². The number of thioether (sulfide) groups is 1. The predicted molar refractivity (Wildman–Crippen MR) is 121 cm³/mol. The maximum absolute atomic E-state index is 13.2. The minimum absolute atomic E-state index is 0.241. The molecule has 9 nitrogen and oxygen atoms in total. The van der Waals surface area contributed by atoms with Crippen molar-refractivity contribution in [3.63, 3.8) is 0 Å². The molecule has 0 aliphatic carbocycles. The average Bonchev–Trinajstić information content (AvgIpc) is 3.42. The van der Waals surface area contributed by atoms with Gasteiger partial charge in [0.05, 0.1) is 0 Å². The van der Waals surface area contributed by atoms with Crippen molar-refractivity contribution in [3.05, 3.63) is 77.8 Å². The number of para-hydroxylation sites is 2. The van der Waals surface area contributed by atoms with Crippen molar-refractivity contribution < 1.29 is 18.8 Å². The third-order valence-corrected chi connectivity index (χ3v) is 6.40. The summed E-state index contributed by atoms with van der Waals surface area (Å²) in [5.74, 6) is 2.72. The van der Waals surface area contributed by atoms with Gasteiger partial charge in [-0.05, 0) is 24.6 Å². The molecule has 1 N–H and O–H groups in total. The van der Waals surface area contributed by atoms with Crippen molar-refractivity contribution >= 4 is 23.5 Å². The van der Waals surface area contributed by atoms with Crippen LogP contribution in [0.2, 0.25) is 0 Å². The number of anilines is 1. The molecule has 0 saturated heterocycles. The van der Waals surface area contributed by atoms with E-state index in [9.17, 15) is 4.79 Å². The second-order valence-electron chi connectivity index (χ2n) is 7.48. The van der Waals surface area contributed by atoms with E-state index in [0.717, 1.165) is 5.56 Å². The van der Waals surface area contributed by atoms with Crippen molar-refractivity contribution in [2.45, 2.75) is 23.4 Å². The molecular formula is C23H21N5O4S. The molecule has 0 radical (unpaired) electrons. The monoisotopic (exact) mass is 463 g/mol. The lowest BCUT2D eigenvalue weighted by Gasteiger charge is -2.25. The number of nitrogens with one attached hydrogen (secondary N) is 1. The third-order valence-electron chi connectivity index (χ3n) is 5.11. The van der Waals surface area contributed by atoms with Crippen LogP contribution in [0.5, 0.6) is 11.5 Å². The van der Waals surface area contributed by atoms with E-state index in [-0.39, 0.29) is 5.91 Å². The second kappa shape index (κ2) is 8.99. The summed E-state index contributed by atoms with van der Waals surface area (Å²) in [6.07, 6.45) is -0.408. The van der Waals surface area contributed by atoms with Gasteiger partial charge in [-0.3, -0.25) is 4.79 Å². The number of rotatable bonds is 6. The van der Waals surface area contributed by atoms with Crippen LogP contribution in [0.25, 0.3) is 0 Å². The molecule has 0 bridgehead atoms. The Morgan fingerprint density at radius 1 is 1.12 bits per heavy atom. The summed E-state index contributed by atoms with van der Waals surface area (Å²) in [4.78, 5) is 13.2. The maximum Gasteiger partial charge on any atom is 0.243 e. The zero-order chi connectivity index (χ0) is 22.8. The van der Waals surface area contributed by atoms with Crippen LogP contribution in [-0.2, 0) is 11.8 Å². The first-order valence-electron chi connectivity index (χ1n) is 10.3. The second-order valence-corrected chi connectivity index (χ2v) is 8.56. The Hall–Kier alpha value is -3.79. The van der Waals surface area contributed by atoms with Crippen LogP contribution in [0, 0.1) is 6.92 Å². The SMILES string of the molecule is Cc1cc(NC(=O)[C@@H](Sc2nnc([C@@H]3COc4ccccc4O3)n2C)c2ccccc2)no1. The molecular weight excluding hydrogens is 442 g/mol. The number of aryl methyl sites for hydroxylation is 1. The molecule has 1 amide bonds. The lowest BCUT2D eigenvalue weighted by Crippen LogP contribution is -2.24. The summed E-state index contributed by atoms with van der Waals surface area (Å²) in [6, 6.07) is 18.7. The number of fused-ring (bicyclic) bond motifs is 1. The Labute approximate surface area is 194 Å². The number of carbonyl (C=O) groups is 1. The van der Waals surface area contributed by atoms with Gasteiger partial charge in [-0.2, -0.15) is 0 Å². The first kappa shape index (κ1) is 21.1. The van der Waals surface area contributed by atoms with Crippen LogP contribution in [0.3, 0.4) is 0 Å². The van der Waals surface area contributed by atoms with Crippen LogP contribution >= 0.6 is 11.8 Å². The van der Waals surface area contributed by atoms with Crippen molar-refractivity contribution in [1.82, 2.24) is 19.9 Å². The molecule has 0 saturated carbocycles. The highest BCUT2D eigenvalue weighted by Crippen LogP contribution is 2.38. The smallest absolute Gasteiger partial charge is 0.243 e. The highest BCUT2D eigenvalue weighted by atomic mass is 32.2. The van der Waals surface area contributed by atoms with E-state index in [2.05, 4.69) is 20.7 Å². The molecule has 2 aromatic carbocycles. The first-order valence-corrected chi connectivity index (χ1v) is 11.2. The van der Waals surface area contributed by atoms with E-state index in [4.69, 9.17) is 14.0 Å². The van der Waals surface area contributed by atoms with E-state index < -0.39 is 11.4 Å². The Morgan fingerprint density at radius 3 is 2.64 bits per heavy atom. The topological polar surface area (TPSA) is 104 Å². The van der Waals surface area contributed by atoms with Gasteiger partial charge in [0.1, 0.15) is 17.6 Å². The Balaban J connectivity index is 1.38. The van der Waals surface area contributed by atoms with Crippen molar-refractivity contribution in [2.24, 2.45) is 7.05 Å². The Morgan fingerprint density at radius 2 is 1.88 bits per heavy atom. The van der Waals surface area contributed by atoms with Crippen LogP contribution in [0.1, 0.15) is 28.5 Å². The molecule has 5 rings (SSSR count). The standard InChI is InChI=1S/C23H21N5O4S/c1-14-12-19(27-32-14)24-22(29)20(15-8-4-3-5-9-15)33-23-26-25-21(28(23)2)18-13-30-16-10-6-7-11-17(16)31-18/h3-12,18,20H,13H2,1-2H3,(H,24,27,29)/t18-,20-/m0/s1. The zero-order valence-corrected chi connectivity index (χ0v) is 18.8. The van der Waals surface area contributed by atoms with Crippen molar-refractivity contribution in [1.29, 1.82) is 0 Å². The zero-order valence-electron chi connectivity index (χ0n) is 18.0. The highest BCUT2D eigenvalue weighted by molar-refractivity contribution is 8.00. The van der Waals surface area contributed by atoms with Crippen LogP contribution in [0.15, 0.2) is 70.3 Å². The molecule has 1 aliphatic rings. The molecule has 3 heterocycles. The number of hydrogen-bond donors (Lipinski definition) is 1. The minimum Gasteiger partial charge on any atom is -0.485 e. The lowest BCUT2D eigenvalue weighted by atomic mass is 10.1. The molecule has 33 heavy (non-hydrogen) atoms. The minimum atomic E-state index is -0.580. The fourth-order valence-corrected chi connectivity index (χ4v) is 4.49. The molecule has 168 valence electrons. The number of nitrogens with zero attached hydrogens (tertiary/aromatic N) is 4. The van der Waals surface area contributed by atoms with Gasteiger partial charge in [-0.25, -0.2) is 0 Å². The van der Waals surface area contributed by atoms with Gasteiger partial charge in [0.2, 0.25) is 5.91 Å². The fourth-order valence-electron chi connectivity index (χ4n) is 3.48. The van der Waals surface area contributed by atoms with Crippen molar-refractivity contribution in [2.75, 3.05) is 11.9 Å². The average molecular weight is 464 g/mol. The first-order chi connectivity index (χ1) is 16.1. The van der Waals surface area contributed by atoms with E-state index in [1.165, 1.54) is 11.8 Å². The fraction of sp³-hybridized carbons (Fsp3) is 0.217. The van der Waals surface area contributed by atoms with Gasteiger partial charge in [-0.1, -0.05) is 59.4 Å². The number of hydrogen-bond acceptors (Lipinski definition) is 8. The van der Waals surface area contributed by atoms with Gasteiger partial charge in [0.15, 0.2) is 34.4 Å². The van der Waals surface area contributed by atoms with Gasteiger partial charge < -0.3 is 23.9 Å². The van der Waals surface area contributed by atoms with Gasteiger partial charge in [-0.15, -0.1) is 10.2 Å². The highest BCUT2D eigenvalue weighted by Gasteiger charge is 2.30. The quantitative estimate of drug-likeness (QED) is 0.426. The largest absolute Gasteiger partial charge is 0.485 e. The van der Waals surface area contributed by atoms with E-state index in [0.29, 0.717) is 40.7 Å². The molecule has 10 heteroatoms. The van der Waals surface area contributed by atoms with E-state index in [1.807, 2.05) is 66.2 Å². The summed E-state index contributed by atoms with van der Waals surface area (Å²) in [5, 5.41) is 15.3. The van der Waals surface area contributed by atoms with Gasteiger partial charge >= 0.3 is 0 Å². The molecule has 0 unspecified atom stereocenters. The molecule has 0 fully saturated rings. The third kappa shape index (κ3) is 4.42. The summed E-state index contributed by atoms with van der Waals surface area (Å²) in [5.41, 5.74) is 0.830. The predicted octanol–water partition coefficient (Wildman–Crippen LogP) is 4.10. The molecule has 4 aromatic rings. The summed E-state index contributed by atoms with van der Waals surface area (Å²) < 4.78 is 18.8. The number of benzene rings is 2. The normalized spacial score (nSPS) is 15.8. The molecule has 0 spiro atoms. The van der Waals surface area contributed by atoms with Crippen LogP contribution < -0.4 is 14.8 Å². The van der Waals surface area contributed by atoms with Crippen LogP contribution in [0.4, 0.5) is 5.82 Å². The van der Waals surface area contributed by atoms with E-state index >= 15 is 0 Å². The van der Waals surface area contributed by atoms with Gasteiger partial charge in [0, 0.05) is 13.1 Å². The Kier molecular flexibility index (Phi) is 5.74. The number of amides is 1. The maximum atomic E-state index is 13.2. The molecule has 2 atom stereocenters. The summed E-state index contributed by atoms with van der Waals surface area (Å²) >= 11 is 1.30. The Bertz CT molecular complexity index is 1270. The number of ether oxygens (including phenoxy) is 2.